The molecular formula is C15H28N2O. The number of hydrogen-bond donors (Lipinski definition) is 2. The molecule has 2 aliphatic rings. The van der Waals surface area contributed by atoms with Crippen molar-refractivity contribution in [1.29, 1.82) is 0 Å². The van der Waals surface area contributed by atoms with Gasteiger partial charge in [0, 0.05) is 18.5 Å². The summed E-state index contributed by atoms with van der Waals surface area (Å²) < 4.78 is 0. The van der Waals surface area contributed by atoms with Crippen LogP contribution in [0.4, 0.5) is 0 Å². The number of hydrogen-bond acceptors (Lipinski definition) is 2. The molecule has 2 aliphatic carbocycles. The fraction of sp³-hybridized carbons (Fsp3) is 0.933. The van der Waals surface area contributed by atoms with Crippen molar-refractivity contribution in [2.45, 2.75) is 71.9 Å². The first-order chi connectivity index (χ1) is 8.29. The lowest BCUT2D eigenvalue weighted by Crippen LogP contribution is -2.53. The van der Waals surface area contributed by atoms with Gasteiger partial charge in [0.2, 0.25) is 5.91 Å². The molecule has 4 unspecified atom stereocenters. The van der Waals surface area contributed by atoms with Gasteiger partial charge in [0.15, 0.2) is 0 Å². The van der Waals surface area contributed by atoms with Gasteiger partial charge in [0.1, 0.15) is 0 Å². The minimum absolute atomic E-state index is 0.000455. The van der Waals surface area contributed by atoms with Crippen molar-refractivity contribution in [1.82, 2.24) is 5.32 Å². The highest BCUT2D eigenvalue weighted by atomic mass is 16.1. The van der Waals surface area contributed by atoms with Gasteiger partial charge in [-0.05, 0) is 42.4 Å². The van der Waals surface area contributed by atoms with Crippen LogP contribution in [0.3, 0.4) is 0 Å². The molecule has 3 heteroatoms. The third-order valence-electron chi connectivity index (χ3n) is 5.55. The molecular weight excluding hydrogens is 224 g/mol. The number of nitrogens with two attached hydrogens (primary N) is 1. The van der Waals surface area contributed by atoms with Crippen LogP contribution in [0.2, 0.25) is 0 Å². The van der Waals surface area contributed by atoms with Crippen LogP contribution >= 0.6 is 0 Å². The Kier molecular flexibility index (Phi) is 3.48. The molecule has 2 bridgehead atoms. The van der Waals surface area contributed by atoms with Gasteiger partial charge in [0.05, 0.1) is 0 Å². The Labute approximate surface area is 111 Å². The van der Waals surface area contributed by atoms with Crippen molar-refractivity contribution in [2.24, 2.45) is 22.5 Å². The van der Waals surface area contributed by atoms with Crippen molar-refractivity contribution in [2.75, 3.05) is 0 Å². The van der Waals surface area contributed by atoms with E-state index in [1.807, 2.05) is 6.92 Å². The highest BCUT2D eigenvalue weighted by Gasteiger charge is 2.59. The van der Waals surface area contributed by atoms with E-state index in [2.05, 4.69) is 26.1 Å². The number of rotatable bonds is 4. The number of carbonyl (C=O) groups is 1. The Balaban J connectivity index is 2.02. The number of nitrogens with one attached hydrogen (secondary N) is 1. The average molecular weight is 252 g/mol. The summed E-state index contributed by atoms with van der Waals surface area (Å²) in [4.78, 5) is 12.1. The summed E-state index contributed by atoms with van der Waals surface area (Å²) in [7, 11) is 0. The molecule has 3 nitrogen and oxygen atoms in total. The third kappa shape index (κ3) is 2.18. The van der Waals surface area contributed by atoms with Crippen LogP contribution in [0.1, 0.15) is 59.8 Å². The zero-order valence-corrected chi connectivity index (χ0v) is 12.3. The van der Waals surface area contributed by atoms with E-state index in [1.54, 1.807) is 0 Å². The normalized spacial score (nSPS) is 38.7. The lowest BCUT2D eigenvalue weighted by molar-refractivity contribution is -0.124. The van der Waals surface area contributed by atoms with Crippen LogP contribution in [0.5, 0.6) is 0 Å². The SMILES string of the molecule is CCC(N)CC(=O)NC1C2(C)CCC(C2)C1(C)C. The molecule has 0 aromatic heterocycles. The molecule has 0 aromatic rings. The second-order valence-corrected chi connectivity index (χ2v) is 7.29. The van der Waals surface area contributed by atoms with Crippen molar-refractivity contribution >= 4 is 5.91 Å². The van der Waals surface area contributed by atoms with E-state index in [1.165, 1.54) is 19.3 Å². The standard InChI is InChI=1S/C15H28N2O/c1-5-11(16)8-12(18)17-13-14(2,3)10-6-7-15(13,4)9-10/h10-11,13H,5-9,16H2,1-4H3,(H,17,18). The van der Waals surface area contributed by atoms with Gasteiger partial charge in [0.25, 0.3) is 0 Å². The maximum absolute atomic E-state index is 12.1. The van der Waals surface area contributed by atoms with E-state index in [0.717, 1.165) is 12.3 Å². The second kappa shape index (κ2) is 4.52. The maximum atomic E-state index is 12.1. The van der Waals surface area contributed by atoms with Gasteiger partial charge in [-0.2, -0.15) is 0 Å². The predicted octanol–water partition coefficient (Wildman–Crippen LogP) is 2.44. The molecule has 2 saturated carbocycles. The smallest absolute Gasteiger partial charge is 0.221 e. The predicted molar refractivity (Wildman–Crippen MR) is 74.0 cm³/mol. The van der Waals surface area contributed by atoms with Crippen LogP contribution in [-0.2, 0) is 4.79 Å². The topological polar surface area (TPSA) is 55.1 Å². The summed E-state index contributed by atoms with van der Waals surface area (Å²) in [6.45, 7) is 8.99. The van der Waals surface area contributed by atoms with Gasteiger partial charge in [-0.3, -0.25) is 4.79 Å². The zero-order chi connectivity index (χ0) is 13.6. The molecule has 18 heavy (non-hydrogen) atoms. The van der Waals surface area contributed by atoms with Gasteiger partial charge < -0.3 is 11.1 Å². The summed E-state index contributed by atoms with van der Waals surface area (Å²) in [6.07, 6.45) is 5.17. The van der Waals surface area contributed by atoms with E-state index < -0.39 is 0 Å². The monoisotopic (exact) mass is 252 g/mol. The van der Waals surface area contributed by atoms with E-state index in [-0.39, 0.29) is 17.4 Å². The summed E-state index contributed by atoms with van der Waals surface area (Å²) >= 11 is 0. The lowest BCUT2D eigenvalue weighted by atomic mass is 9.68. The lowest BCUT2D eigenvalue weighted by Gasteiger charge is -2.43. The molecule has 1 amide bonds. The number of carbonyl (C=O) groups excluding carboxylic acids is 1. The maximum Gasteiger partial charge on any atom is 0.221 e. The summed E-state index contributed by atoms with van der Waals surface area (Å²) in [5.41, 5.74) is 6.40. The minimum atomic E-state index is -0.000455. The van der Waals surface area contributed by atoms with Gasteiger partial charge in [-0.15, -0.1) is 0 Å². The molecule has 0 aromatic carbocycles. The van der Waals surface area contributed by atoms with Gasteiger partial charge in [-0.1, -0.05) is 27.7 Å². The van der Waals surface area contributed by atoms with Crippen molar-refractivity contribution in [3.05, 3.63) is 0 Å². The van der Waals surface area contributed by atoms with Crippen LogP contribution in [0.25, 0.3) is 0 Å². The summed E-state index contributed by atoms with van der Waals surface area (Å²) in [6, 6.07) is 0.319. The Morgan fingerprint density at radius 1 is 1.44 bits per heavy atom. The minimum Gasteiger partial charge on any atom is -0.352 e. The largest absolute Gasteiger partial charge is 0.352 e. The Hall–Kier alpha value is -0.570. The van der Waals surface area contributed by atoms with Crippen molar-refractivity contribution in [3.8, 4) is 0 Å². The van der Waals surface area contributed by atoms with Crippen LogP contribution in [-0.4, -0.2) is 18.0 Å². The molecule has 0 aliphatic heterocycles. The first kappa shape index (κ1) is 13.9. The second-order valence-electron chi connectivity index (χ2n) is 7.29. The molecule has 3 N–H and O–H groups in total. The molecule has 4 atom stereocenters. The molecule has 0 radical (unpaired) electrons. The fourth-order valence-electron chi connectivity index (χ4n) is 4.26. The number of fused-ring (bicyclic) bond motifs is 2. The highest BCUT2D eigenvalue weighted by molar-refractivity contribution is 5.77. The third-order valence-corrected chi connectivity index (χ3v) is 5.55. The quantitative estimate of drug-likeness (QED) is 0.807. The molecule has 0 heterocycles. The number of amides is 1. The van der Waals surface area contributed by atoms with Gasteiger partial charge in [-0.25, -0.2) is 0 Å². The molecule has 2 rings (SSSR count). The highest BCUT2D eigenvalue weighted by Crippen LogP contribution is 2.62. The first-order valence-electron chi connectivity index (χ1n) is 7.34. The van der Waals surface area contributed by atoms with Crippen molar-refractivity contribution < 1.29 is 4.79 Å². The van der Waals surface area contributed by atoms with Crippen LogP contribution < -0.4 is 11.1 Å². The van der Waals surface area contributed by atoms with Crippen LogP contribution in [0.15, 0.2) is 0 Å². The Bertz CT molecular complexity index is 335. The van der Waals surface area contributed by atoms with Crippen LogP contribution in [0, 0.1) is 16.7 Å². The molecule has 104 valence electrons. The molecule has 0 spiro atoms. The molecule has 0 saturated heterocycles. The average Bonchev–Trinajstić information content (AvgIpc) is 2.75. The van der Waals surface area contributed by atoms with E-state index in [4.69, 9.17) is 5.73 Å². The zero-order valence-electron chi connectivity index (χ0n) is 12.3. The fourth-order valence-corrected chi connectivity index (χ4v) is 4.26. The van der Waals surface area contributed by atoms with Gasteiger partial charge >= 0.3 is 0 Å². The summed E-state index contributed by atoms with van der Waals surface area (Å²) in [5, 5.41) is 3.29. The Morgan fingerprint density at radius 3 is 2.61 bits per heavy atom. The Morgan fingerprint density at radius 2 is 2.11 bits per heavy atom. The van der Waals surface area contributed by atoms with E-state index in [0.29, 0.717) is 17.9 Å². The first-order valence-corrected chi connectivity index (χ1v) is 7.34. The van der Waals surface area contributed by atoms with E-state index in [9.17, 15) is 4.79 Å². The van der Waals surface area contributed by atoms with Crippen molar-refractivity contribution in [3.63, 3.8) is 0 Å². The molecule has 2 fully saturated rings. The van der Waals surface area contributed by atoms with E-state index >= 15 is 0 Å². The summed E-state index contributed by atoms with van der Waals surface area (Å²) in [5.74, 6) is 0.906.